The van der Waals surface area contributed by atoms with Crippen LogP contribution in [0, 0.1) is 34.8 Å². The molecular weight excluding hydrogens is 328 g/mol. The molecule has 4 aliphatic rings. The van der Waals surface area contributed by atoms with Crippen LogP contribution in [0.1, 0.15) is 38.5 Å². The number of halogens is 2. The van der Waals surface area contributed by atoms with Gasteiger partial charge in [-0.15, -0.1) is 11.8 Å². The van der Waals surface area contributed by atoms with Crippen molar-refractivity contribution in [3.63, 3.8) is 0 Å². The summed E-state index contributed by atoms with van der Waals surface area (Å²) in [6, 6.07) is 3.47. The summed E-state index contributed by atoms with van der Waals surface area (Å²) >= 11 is 1.13. The number of benzene rings is 1. The fourth-order valence-corrected chi connectivity index (χ4v) is 6.33. The summed E-state index contributed by atoms with van der Waals surface area (Å²) in [6.45, 7) is 0.766. The molecule has 4 saturated carbocycles. The number of nitrogens with one attached hydrogen (secondary N) is 1. The van der Waals surface area contributed by atoms with E-state index in [9.17, 15) is 13.6 Å². The molecule has 5 heteroatoms. The molecule has 4 bridgehead atoms. The van der Waals surface area contributed by atoms with Gasteiger partial charge >= 0.3 is 0 Å². The molecule has 0 aliphatic heterocycles. The maximum Gasteiger partial charge on any atom is 0.230 e. The molecule has 1 aromatic carbocycles. The lowest BCUT2D eigenvalue weighted by atomic mass is 9.49. The smallest absolute Gasteiger partial charge is 0.230 e. The topological polar surface area (TPSA) is 29.1 Å². The van der Waals surface area contributed by atoms with Gasteiger partial charge in [-0.25, -0.2) is 8.78 Å². The van der Waals surface area contributed by atoms with Crippen LogP contribution in [0.15, 0.2) is 23.1 Å². The van der Waals surface area contributed by atoms with E-state index < -0.39 is 11.6 Å². The second kappa shape index (κ2) is 6.32. The van der Waals surface area contributed by atoms with Crippen molar-refractivity contribution in [2.75, 3.05) is 12.3 Å². The lowest BCUT2D eigenvalue weighted by molar-refractivity contribution is -0.120. The van der Waals surface area contributed by atoms with Gasteiger partial charge in [0, 0.05) is 17.5 Å². The second-order valence-electron chi connectivity index (χ2n) is 8.06. The van der Waals surface area contributed by atoms with Gasteiger partial charge < -0.3 is 5.32 Å². The van der Waals surface area contributed by atoms with E-state index in [2.05, 4.69) is 5.32 Å². The minimum atomic E-state index is -0.603. The maximum absolute atomic E-state index is 13.6. The molecule has 5 rings (SSSR count). The van der Waals surface area contributed by atoms with E-state index in [0.29, 0.717) is 10.3 Å². The van der Waals surface area contributed by atoms with Gasteiger partial charge in [-0.3, -0.25) is 4.79 Å². The normalized spacial score (nSPS) is 33.7. The van der Waals surface area contributed by atoms with Gasteiger partial charge in [0.2, 0.25) is 5.91 Å². The van der Waals surface area contributed by atoms with Crippen LogP contribution < -0.4 is 5.32 Å². The quantitative estimate of drug-likeness (QED) is 0.797. The average Bonchev–Trinajstić information content (AvgIpc) is 2.51. The highest BCUT2D eigenvalue weighted by atomic mass is 32.2. The van der Waals surface area contributed by atoms with E-state index in [1.165, 1.54) is 50.7 Å². The van der Waals surface area contributed by atoms with Crippen molar-refractivity contribution in [2.24, 2.45) is 23.2 Å². The predicted octanol–water partition coefficient (Wildman–Crippen LogP) is 4.39. The van der Waals surface area contributed by atoms with Gasteiger partial charge in [0.15, 0.2) is 0 Å². The molecule has 1 aromatic rings. The van der Waals surface area contributed by atoms with Crippen molar-refractivity contribution in [1.82, 2.24) is 5.32 Å². The van der Waals surface area contributed by atoms with Gasteiger partial charge in [-0.1, -0.05) is 0 Å². The van der Waals surface area contributed by atoms with Gasteiger partial charge in [-0.05, 0) is 73.8 Å². The average molecular weight is 351 g/mol. The Morgan fingerprint density at radius 3 is 2.33 bits per heavy atom. The van der Waals surface area contributed by atoms with Crippen molar-refractivity contribution in [3.05, 3.63) is 29.8 Å². The Labute approximate surface area is 145 Å². The first-order valence-corrected chi connectivity index (χ1v) is 9.84. The molecule has 0 heterocycles. The number of carbonyl (C=O) groups is 1. The summed E-state index contributed by atoms with van der Waals surface area (Å²) in [5, 5.41) is 3.08. The zero-order chi connectivity index (χ0) is 16.7. The summed E-state index contributed by atoms with van der Waals surface area (Å²) in [5.41, 5.74) is 0.316. The lowest BCUT2D eigenvalue weighted by Crippen LogP contribution is -2.51. The molecule has 130 valence electrons. The Bertz CT molecular complexity index is 613. The second-order valence-corrected chi connectivity index (χ2v) is 9.07. The molecule has 0 unspecified atom stereocenters. The maximum atomic E-state index is 13.6. The summed E-state index contributed by atoms with van der Waals surface area (Å²) in [5.74, 6) is 1.54. The van der Waals surface area contributed by atoms with Gasteiger partial charge in [0.25, 0.3) is 0 Å². The molecule has 0 atom stereocenters. The van der Waals surface area contributed by atoms with Crippen LogP contribution in [0.25, 0.3) is 0 Å². The zero-order valence-electron chi connectivity index (χ0n) is 13.7. The number of hydrogen-bond donors (Lipinski definition) is 1. The molecule has 0 saturated heterocycles. The minimum Gasteiger partial charge on any atom is -0.355 e. The fraction of sp³-hybridized carbons (Fsp3) is 0.632. The fourth-order valence-electron chi connectivity index (χ4n) is 5.58. The van der Waals surface area contributed by atoms with Crippen molar-refractivity contribution in [1.29, 1.82) is 0 Å². The molecule has 1 N–H and O–H groups in total. The van der Waals surface area contributed by atoms with Crippen molar-refractivity contribution < 1.29 is 13.6 Å². The Kier molecular flexibility index (Phi) is 4.31. The highest BCUT2D eigenvalue weighted by Gasteiger charge is 2.50. The third-order valence-electron chi connectivity index (χ3n) is 6.08. The van der Waals surface area contributed by atoms with Gasteiger partial charge in [-0.2, -0.15) is 0 Å². The third-order valence-corrected chi connectivity index (χ3v) is 7.13. The molecule has 4 aliphatic carbocycles. The van der Waals surface area contributed by atoms with E-state index in [1.807, 2.05) is 0 Å². The molecule has 0 aromatic heterocycles. The van der Waals surface area contributed by atoms with Gasteiger partial charge in [0.1, 0.15) is 11.6 Å². The summed E-state index contributed by atoms with van der Waals surface area (Å²) in [4.78, 5) is 12.5. The van der Waals surface area contributed by atoms with E-state index in [1.54, 1.807) is 0 Å². The van der Waals surface area contributed by atoms with Crippen molar-refractivity contribution in [3.8, 4) is 0 Å². The Morgan fingerprint density at radius 1 is 1.12 bits per heavy atom. The van der Waals surface area contributed by atoms with E-state index in [0.717, 1.165) is 42.1 Å². The largest absolute Gasteiger partial charge is 0.355 e. The van der Waals surface area contributed by atoms with Crippen molar-refractivity contribution in [2.45, 2.75) is 43.4 Å². The third kappa shape index (κ3) is 3.32. The highest BCUT2D eigenvalue weighted by Crippen LogP contribution is 2.59. The lowest BCUT2D eigenvalue weighted by Gasteiger charge is -2.56. The van der Waals surface area contributed by atoms with Crippen LogP contribution in [0.3, 0.4) is 0 Å². The minimum absolute atomic E-state index is 0.0560. The SMILES string of the molecule is O=C(CSc1ccc(F)cc1F)NCC12CC3CC(CC(C3)C1)C2. The van der Waals surface area contributed by atoms with E-state index in [4.69, 9.17) is 0 Å². The van der Waals surface area contributed by atoms with E-state index in [-0.39, 0.29) is 11.7 Å². The standard InChI is InChI=1S/C19H23F2NOS/c20-15-1-2-17(16(21)6-15)24-10-18(23)22-11-19-7-12-3-13(8-19)5-14(4-12)9-19/h1-2,6,12-14H,3-5,7-11H2,(H,22,23). The van der Waals surface area contributed by atoms with E-state index >= 15 is 0 Å². The van der Waals surface area contributed by atoms with Crippen LogP contribution >= 0.6 is 11.8 Å². The summed E-state index contributed by atoms with van der Waals surface area (Å²) in [7, 11) is 0. The Hall–Kier alpha value is -1.10. The van der Waals surface area contributed by atoms with Crippen molar-refractivity contribution >= 4 is 17.7 Å². The molecule has 0 radical (unpaired) electrons. The molecule has 4 fully saturated rings. The van der Waals surface area contributed by atoms with Crippen LogP contribution in [-0.2, 0) is 4.79 Å². The molecule has 2 nitrogen and oxygen atoms in total. The number of carbonyl (C=O) groups excluding carboxylic acids is 1. The number of thioether (sulfide) groups is 1. The van der Waals surface area contributed by atoms with Crippen LogP contribution in [0.5, 0.6) is 0 Å². The number of hydrogen-bond acceptors (Lipinski definition) is 2. The number of rotatable bonds is 5. The molecule has 0 spiro atoms. The van der Waals surface area contributed by atoms with Gasteiger partial charge in [0.05, 0.1) is 5.75 Å². The summed E-state index contributed by atoms with van der Waals surface area (Å²) < 4.78 is 26.5. The van der Waals surface area contributed by atoms with Crippen LogP contribution in [-0.4, -0.2) is 18.2 Å². The van der Waals surface area contributed by atoms with Crippen LogP contribution in [0.4, 0.5) is 8.78 Å². The first-order chi connectivity index (χ1) is 11.5. The first-order valence-electron chi connectivity index (χ1n) is 8.86. The predicted molar refractivity (Wildman–Crippen MR) is 90.7 cm³/mol. The first kappa shape index (κ1) is 16.4. The Morgan fingerprint density at radius 2 is 1.75 bits per heavy atom. The Balaban J connectivity index is 1.29. The molecule has 24 heavy (non-hydrogen) atoms. The molecule has 1 amide bonds. The highest BCUT2D eigenvalue weighted by molar-refractivity contribution is 8.00. The molecular formula is C19H23F2NOS. The monoisotopic (exact) mass is 351 g/mol. The summed E-state index contributed by atoms with van der Waals surface area (Å²) in [6.07, 6.45) is 7.98. The van der Waals surface area contributed by atoms with Crippen LogP contribution in [0.2, 0.25) is 0 Å². The number of amides is 1. The zero-order valence-corrected chi connectivity index (χ0v) is 14.5.